The van der Waals surface area contributed by atoms with Crippen LogP contribution in [0.2, 0.25) is 0 Å². The molecule has 1 aliphatic rings. The number of nitrogens with one attached hydrogen (secondary N) is 1. The molecule has 1 aliphatic heterocycles. The molecule has 1 atom stereocenters. The van der Waals surface area contributed by atoms with Crippen molar-refractivity contribution in [3.8, 4) is 0 Å². The van der Waals surface area contributed by atoms with Gasteiger partial charge < -0.3 is 5.32 Å². The van der Waals surface area contributed by atoms with Gasteiger partial charge in [-0.2, -0.15) is 0 Å². The molecular formula is C13H23N3O. The van der Waals surface area contributed by atoms with Crippen LogP contribution < -0.4 is 5.32 Å². The predicted octanol–water partition coefficient (Wildman–Crippen LogP) is 2.02. The zero-order valence-electron chi connectivity index (χ0n) is 10.7. The highest BCUT2D eigenvalue weighted by molar-refractivity contribution is 5.79. The fraction of sp³-hybridized carbons (Fsp3) is 0.846. The Hall–Kier alpha value is -1.08. The van der Waals surface area contributed by atoms with Gasteiger partial charge in [0.2, 0.25) is 5.91 Å². The molecule has 1 heterocycles. The summed E-state index contributed by atoms with van der Waals surface area (Å²) in [6, 6.07) is 0. The molecule has 96 valence electrons. The van der Waals surface area contributed by atoms with E-state index in [1.807, 2.05) is 0 Å². The van der Waals surface area contributed by atoms with Crippen LogP contribution in [0.15, 0.2) is 0 Å². The maximum absolute atomic E-state index is 11.8. The number of hydrogen-bond donors (Lipinski definition) is 1. The summed E-state index contributed by atoms with van der Waals surface area (Å²) >= 11 is 0. The van der Waals surface area contributed by atoms with E-state index >= 15 is 0 Å². The number of carbonyl (C=O) groups is 1. The van der Waals surface area contributed by atoms with E-state index in [1.165, 1.54) is 19.3 Å². The minimum Gasteiger partial charge on any atom is -0.308 e. The second-order valence-electron chi connectivity index (χ2n) is 4.58. The summed E-state index contributed by atoms with van der Waals surface area (Å²) in [6.45, 7) is 11.3. The molecule has 0 radical (unpaired) electrons. The van der Waals surface area contributed by atoms with Gasteiger partial charge >= 0.3 is 6.17 Å². The van der Waals surface area contributed by atoms with Crippen LogP contribution >= 0.6 is 0 Å². The van der Waals surface area contributed by atoms with E-state index in [0.29, 0.717) is 6.54 Å². The van der Waals surface area contributed by atoms with Crippen LogP contribution in [-0.4, -0.2) is 36.6 Å². The number of unbranched alkanes of at least 4 members (excludes halogenated alkanes) is 3. The zero-order chi connectivity index (χ0) is 12.5. The summed E-state index contributed by atoms with van der Waals surface area (Å²) in [7, 11) is 0. The molecule has 0 unspecified atom stereocenters. The molecule has 0 aromatic carbocycles. The monoisotopic (exact) mass is 237 g/mol. The third kappa shape index (κ3) is 4.74. The third-order valence-electron chi connectivity index (χ3n) is 3.17. The quantitative estimate of drug-likeness (QED) is 0.543. The van der Waals surface area contributed by atoms with E-state index in [-0.39, 0.29) is 12.1 Å². The summed E-state index contributed by atoms with van der Waals surface area (Å²) in [4.78, 5) is 17.0. The minimum atomic E-state index is -0.204. The second kappa shape index (κ2) is 8.08. The van der Waals surface area contributed by atoms with E-state index in [2.05, 4.69) is 17.1 Å². The topological polar surface area (TPSA) is 36.7 Å². The fourth-order valence-corrected chi connectivity index (χ4v) is 2.15. The molecule has 1 N–H and O–H groups in total. The van der Waals surface area contributed by atoms with Crippen molar-refractivity contribution in [2.75, 3.05) is 19.6 Å². The van der Waals surface area contributed by atoms with Gasteiger partial charge in [-0.1, -0.05) is 26.2 Å². The first-order valence-electron chi connectivity index (χ1n) is 6.66. The predicted molar refractivity (Wildman–Crippen MR) is 68.3 cm³/mol. The lowest BCUT2D eigenvalue weighted by Gasteiger charge is -2.16. The van der Waals surface area contributed by atoms with Gasteiger partial charge in [0.25, 0.3) is 0 Å². The van der Waals surface area contributed by atoms with Crippen LogP contribution in [0.5, 0.6) is 0 Å². The van der Waals surface area contributed by atoms with Crippen LogP contribution in [0.1, 0.15) is 45.4 Å². The smallest absolute Gasteiger partial charge is 0.300 e. The number of amides is 1. The summed E-state index contributed by atoms with van der Waals surface area (Å²) in [5, 5.41) is 3.17. The number of likely N-dealkylation sites (tertiary alicyclic amines) is 1. The Bertz CT molecular complexity index is 272. The van der Waals surface area contributed by atoms with E-state index in [9.17, 15) is 4.79 Å². The molecule has 0 aromatic heterocycles. The molecule has 1 fully saturated rings. The van der Waals surface area contributed by atoms with Gasteiger partial charge in [-0.3, -0.25) is 14.5 Å². The molecule has 0 aromatic rings. The van der Waals surface area contributed by atoms with Gasteiger partial charge in [0, 0.05) is 13.0 Å². The summed E-state index contributed by atoms with van der Waals surface area (Å²) in [5.74, 6) is 0.0824. The number of hydrogen-bond acceptors (Lipinski definition) is 2. The lowest BCUT2D eigenvalue weighted by Crippen LogP contribution is -2.40. The van der Waals surface area contributed by atoms with Gasteiger partial charge in [0.15, 0.2) is 0 Å². The summed E-state index contributed by atoms with van der Waals surface area (Å²) < 4.78 is 0. The Kier molecular flexibility index (Phi) is 6.64. The molecule has 1 rings (SSSR count). The summed E-state index contributed by atoms with van der Waals surface area (Å²) in [6.07, 6.45) is 6.46. The van der Waals surface area contributed by atoms with Crippen LogP contribution in [0.25, 0.3) is 4.85 Å². The van der Waals surface area contributed by atoms with Gasteiger partial charge in [-0.25, -0.2) is 6.57 Å². The summed E-state index contributed by atoms with van der Waals surface area (Å²) in [5.41, 5.74) is 0. The molecule has 0 aliphatic carbocycles. The normalized spacial score (nSPS) is 19.3. The number of nitrogens with zero attached hydrogens (tertiary/aromatic N) is 2. The van der Waals surface area contributed by atoms with E-state index in [4.69, 9.17) is 6.57 Å². The van der Waals surface area contributed by atoms with Crippen molar-refractivity contribution in [1.82, 2.24) is 10.2 Å². The highest BCUT2D eigenvalue weighted by Crippen LogP contribution is 2.17. The molecule has 0 bridgehead atoms. The van der Waals surface area contributed by atoms with Crippen molar-refractivity contribution in [1.29, 1.82) is 0 Å². The second-order valence-corrected chi connectivity index (χ2v) is 4.58. The Morgan fingerprint density at radius 1 is 1.47 bits per heavy atom. The number of carbonyl (C=O) groups excluding carboxylic acids is 1. The Balaban J connectivity index is 2.11. The van der Waals surface area contributed by atoms with Gasteiger partial charge in [-0.15, -0.1) is 0 Å². The molecule has 0 spiro atoms. The Labute approximate surface area is 104 Å². The average Bonchev–Trinajstić information content (AvgIpc) is 2.81. The van der Waals surface area contributed by atoms with Gasteiger partial charge in [-0.05, 0) is 19.4 Å². The largest absolute Gasteiger partial charge is 0.308 e. The number of rotatable bonds is 7. The average molecular weight is 237 g/mol. The molecule has 4 nitrogen and oxygen atoms in total. The third-order valence-corrected chi connectivity index (χ3v) is 3.17. The standard InChI is InChI=1S/C13H23N3O/c1-3-4-5-6-9-15-11-13(17)16-10-7-8-12(16)14-2/h12,15H,3-11H2,1H3/t12-/m0/s1. The first-order chi connectivity index (χ1) is 8.29. The SMILES string of the molecule is [C-]#[N+][C@@H]1CCCN1C(=O)CNCCCCCC. The zero-order valence-corrected chi connectivity index (χ0v) is 10.7. The Morgan fingerprint density at radius 2 is 2.29 bits per heavy atom. The maximum Gasteiger partial charge on any atom is 0.300 e. The molecule has 0 saturated carbocycles. The lowest BCUT2D eigenvalue weighted by molar-refractivity contribution is -0.130. The molecule has 1 saturated heterocycles. The molecule has 4 heteroatoms. The van der Waals surface area contributed by atoms with Crippen LogP contribution in [0.3, 0.4) is 0 Å². The van der Waals surface area contributed by atoms with Crippen LogP contribution in [-0.2, 0) is 4.79 Å². The van der Waals surface area contributed by atoms with E-state index in [1.54, 1.807) is 4.90 Å². The van der Waals surface area contributed by atoms with Crippen molar-refractivity contribution < 1.29 is 4.79 Å². The first-order valence-corrected chi connectivity index (χ1v) is 6.66. The molecular weight excluding hydrogens is 214 g/mol. The van der Waals surface area contributed by atoms with E-state index in [0.717, 1.165) is 32.4 Å². The van der Waals surface area contributed by atoms with Crippen molar-refractivity contribution in [2.24, 2.45) is 0 Å². The van der Waals surface area contributed by atoms with Crippen molar-refractivity contribution in [3.05, 3.63) is 11.4 Å². The highest BCUT2D eigenvalue weighted by atomic mass is 16.2. The van der Waals surface area contributed by atoms with Crippen molar-refractivity contribution in [2.45, 2.75) is 51.6 Å². The molecule has 17 heavy (non-hydrogen) atoms. The molecule has 1 amide bonds. The van der Waals surface area contributed by atoms with Crippen LogP contribution in [0.4, 0.5) is 0 Å². The maximum atomic E-state index is 11.8. The van der Waals surface area contributed by atoms with Gasteiger partial charge in [0.1, 0.15) is 0 Å². The Morgan fingerprint density at radius 3 is 3.00 bits per heavy atom. The van der Waals surface area contributed by atoms with Crippen molar-refractivity contribution >= 4 is 5.91 Å². The van der Waals surface area contributed by atoms with Crippen LogP contribution in [0, 0.1) is 6.57 Å². The minimum absolute atomic E-state index is 0.0824. The van der Waals surface area contributed by atoms with Gasteiger partial charge in [0.05, 0.1) is 6.54 Å². The fourth-order valence-electron chi connectivity index (χ4n) is 2.15. The highest BCUT2D eigenvalue weighted by Gasteiger charge is 2.32. The lowest BCUT2D eigenvalue weighted by atomic mass is 10.2. The first kappa shape index (κ1) is 14.0. The van der Waals surface area contributed by atoms with E-state index < -0.39 is 0 Å². The van der Waals surface area contributed by atoms with Crippen molar-refractivity contribution in [3.63, 3.8) is 0 Å².